The highest BCUT2D eigenvalue weighted by atomic mass is 16.5. The molecule has 0 bridgehead atoms. The summed E-state index contributed by atoms with van der Waals surface area (Å²) < 4.78 is 10.8. The lowest BCUT2D eigenvalue weighted by Gasteiger charge is -2.19. The van der Waals surface area contributed by atoms with Crippen molar-refractivity contribution in [3.8, 4) is 11.5 Å². The van der Waals surface area contributed by atoms with Crippen molar-refractivity contribution in [2.45, 2.75) is 19.0 Å². The number of methoxy groups -OCH3 is 2. The van der Waals surface area contributed by atoms with Crippen molar-refractivity contribution < 1.29 is 9.47 Å². The van der Waals surface area contributed by atoms with Crippen LogP contribution >= 0.6 is 0 Å². The van der Waals surface area contributed by atoms with E-state index in [-0.39, 0.29) is 0 Å². The number of para-hydroxylation sites is 1. The predicted octanol–water partition coefficient (Wildman–Crippen LogP) is 2.79. The highest BCUT2D eigenvalue weighted by Crippen LogP contribution is 2.30. The van der Waals surface area contributed by atoms with Crippen molar-refractivity contribution in [2.24, 2.45) is 0 Å². The first kappa shape index (κ1) is 15.6. The monoisotopic (exact) mass is 313 g/mol. The largest absolute Gasteiger partial charge is 0.493 e. The van der Waals surface area contributed by atoms with Gasteiger partial charge in [-0.05, 0) is 18.6 Å². The maximum atomic E-state index is 5.47. The van der Waals surface area contributed by atoms with Crippen LogP contribution in [-0.4, -0.2) is 43.2 Å². The van der Waals surface area contributed by atoms with Crippen LogP contribution in [0.25, 0.3) is 0 Å². The summed E-state index contributed by atoms with van der Waals surface area (Å²) in [5.74, 6) is 1.46. The topological polar surface area (TPSA) is 46.6 Å². The van der Waals surface area contributed by atoms with Crippen LogP contribution in [0, 0.1) is 0 Å². The van der Waals surface area contributed by atoms with Crippen molar-refractivity contribution in [1.82, 2.24) is 9.88 Å². The second-order valence-electron chi connectivity index (χ2n) is 5.72. The lowest BCUT2D eigenvalue weighted by Crippen LogP contribution is -2.26. The van der Waals surface area contributed by atoms with Crippen LogP contribution in [0.5, 0.6) is 11.5 Å². The molecule has 5 heteroatoms. The molecule has 2 aromatic rings. The first-order valence-electron chi connectivity index (χ1n) is 7.90. The van der Waals surface area contributed by atoms with Crippen LogP contribution in [0.15, 0.2) is 42.6 Å². The van der Waals surface area contributed by atoms with E-state index in [1.165, 1.54) is 5.69 Å². The highest BCUT2D eigenvalue weighted by molar-refractivity contribution is 5.44. The molecular weight excluding hydrogens is 290 g/mol. The number of pyridine rings is 1. The third kappa shape index (κ3) is 3.74. The summed E-state index contributed by atoms with van der Waals surface area (Å²) in [5, 5.41) is 3.59. The van der Waals surface area contributed by atoms with Gasteiger partial charge in [0.2, 0.25) is 0 Å². The van der Waals surface area contributed by atoms with Gasteiger partial charge in [-0.2, -0.15) is 0 Å². The van der Waals surface area contributed by atoms with Crippen LogP contribution in [-0.2, 0) is 6.54 Å². The summed E-state index contributed by atoms with van der Waals surface area (Å²) in [6.45, 7) is 2.82. The Morgan fingerprint density at radius 1 is 1.17 bits per heavy atom. The standard InChI is InChI=1S/C18H23N3O2/c1-22-17-8-10-19-16(18(17)23-2)13-21-11-9-15(12-21)20-14-6-4-3-5-7-14/h3-8,10,15,20H,9,11-13H2,1-2H3. The van der Waals surface area contributed by atoms with Crippen molar-refractivity contribution in [2.75, 3.05) is 32.6 Å². The summed E-state index contributed by atoms with van der Waals surface area (Å²) >= 11 is 0. The molecule has 0 spiro atoms. The molecule has 2 heterocycles. The fourth-order valence-corrected chi connectivity index (χ4v) is 3.04. The molecule has 23 heavy (non-hydrogen) atoms. The molecule has 3 rings (SSSR count). The molecule has 5 nitrogen and oxygen atoms in total. The molecule has 1 N–H and O–H groups in total. The van der Waals surface area contributed by atoms with E-state index < -0.39 is 0 Å². The molecule has 1 aromatic carbocycles. The number of ether oxygens (including phenoxy) is 2. The van der Waals surface area contributed by atoms with E-state index in [1.807, 2.05) is 12.1 Å². The molecule has 1 unspecified atom stereocenters. The van der Waals surface area contributed by atoms with Gasteiger partial charge in [0.1, 0.15) is 5.69 Å². The van der Waals surface area contributed by atoms with Crippen LogP contribution in [0.2, 0.25) is 0 Å². The van der Waals surface area contributed by atoms with E-state index in [0.717, 1.165) is 43.2 Å². The van der Waals surface area contributed by atoms with Gasteiger partial charge < -0.3 is 14.8 Å². The maximum Gasteiger partial charge on any atom is 0.183 e. The fraction of sp³-hybridized carbons (Fsp3) is 0.389. The van der Waals surface area contributed by atoms with Gasteiger partial charge in [-0.3, -0.25) is 9.88 Å². The molecule has 1 aliphatic rings. The molecule has 0 amide bonds. The van der Waals surface area contributed by atoms with Gasteiger partial charge in [0, 0.05) is 43.6 Å². The molecule has 0 radical (unpaired) electrons. The van der Waals surface area contributed by atoms with Gasteiger partial charge in [-0.1, -0.05) is 18.2 Å². The van der Waals surface area contributed by atoms with E-state index in [9.17, 15) is 0 Å². The van der Waals surface area contributed by atoms with Crippen molar-refractivity contribution in [3.05, 3.63) is 48.3 Å². The van der Waals surface area contributed by atoms with Crippen molar-refractivity contribution in [3.63, 3.8) is 0 Å². The Labute approximate surface area is 137 Å². The van der Waals surface area contributed by atoms with E-state index in [1.54, 1.807) is 20.4 Å². The van der Waals surface area contributed by atoms with Crippen LogP contribution in [0.4, 0.5) is 5.69 Å². The molecule has 0 aliphatic carbocycles. The number of nitrogens with one attached hydrogen (secondary N) is 1. The number of hydrogen-bond acceptors (Lipinski definition) is 5. The summed E-state index contributed by atoms with van der Waals surface area (Å²) in [6, 6.07) is 12.7. The van der Waals surface area contributed by atoms with Gasteiger partial charge in [-0.15, -0.1) is 0 Å². The normalized spacial score (nSPS) is 17.9. The van der Waals surface area contributed by atoms with Crippen molar-refractivity contribution in [1.29, 1.82) is 0 Å². The number of benzene rings is 1. The Kier molecular flexibility index (Phi) is 4.98. The minimum Gasteiger partial charge on any atom is -0.493 e. The quantitative estimate of drug-likeness (QED) is 0.888. The molecule has 1 aliphatic heterocycles. The van der Waals surface area contributed by atoms with E-state index >= 15 is 0 Å². The van der Waals surface area contributed by atoms with Gasteiger partial charge in [-0.25, -0.2) is 0 Å². The molecule has 122 valence electrons. The second-order valence-corrected chi connectivity index (χ2v) is 5.72. The number of likely N-dealkylation sites (tertiary alicyclic amines) is 1. The Hall–Kier alpha value is -2.27. The number of hydrogen-bond donors (Lipinski definition) is 1. The zero-order chi connectivity index (χ0) is 16.1. The molecule has 1 atom stereocenters. The molecule has 1 saturated heterocycles. The summed E-state index contributed by atoms with van der Waals surface area (Å²) in [4.78, 5) is 6.86. The Morgan fingerprint density at radius 3 is 2.74 bits per heavy atom. The molecular formula is C18H23N3O2. The van der Waals surface area contributed by atoms with E-state index in [2.05, 4.69) is 39.5 Å². The number of nitrogens with zero attached hydrogens (tertiary/aromatic N) is 2. The SMILES string of the molecule is COc1ccnc(CN2CCC(Nc3ccccc3)C2)c1OC. The van der Waals surface area contributed by atoms with Crippen molar-refractivity contribution >= 4 is 5.69 Å². The highest BCUT2D eigenvalue weighted by Gasteiger charge is 2.24. The lowest BCUT2D eigenvalue weighted by molar-refractivity contribution is 0.304. The number of aromatic nitrogens is 1. The third-order valence-electron chi connectivity index (χ3n) is 4.16. The number of anilines is 1. The van der Waals surface area contributed by atoms with E-state index in [0.29, 0.717) is 6.04 Å². The van der Waals surface area contributed by atoms with Crippen LogP contribution < -0.4 is 14.8 Å². The smallest absolute Gasteiger partial charge is 0.183 e. The average Bonchev–Trinajstić information content (AvgIpc) is 3.02. The molecule has 0 saturated carbocycles. The summed E-state index contributed by atoms with van der Waals surface area (Å²) in [5.41, 5.74) is 2.10. The molecule has 1 aromatic heterocycles. The van der Waals surface area contributed by atoms with E-state index in [4.69, 9.17) is 9.47 Å². The minimum absolute atomic E-state index is 0.467. The summed E-state index contributed by atoms with van der Waals surface area (Å²) in [7, 11) is 3.31. The molecule has 1 fully saturated rings. The van der Waals surface area contributed by atoms with Gasteiger partial charge in [0.05, 0.1) is 14.2 Å². The zero-order valence-electron chi connectivity index (χ0n) is 13.7. The Balaban J connectivity index is 1.62. The minimum atomic E-state index is 0.467. The first-order valence-corrected chi connectivity index (χ1v) is 7.90. The van der Waals surface area contributed by atoms with Crippen LogP contribution in [0.3, 0.4) is 0 Å². The van der Waals surface area contributed by atoms with Gasteiger partial charge in [0.25, 0.3) is 0 Å². The first-order chi connectivity index (χ1) is 11.3. The fourth-order valence-electron chi connectivity index (χ4n) is 3.04. The lowest BCUT2D eigenvalue weighted by atomic mass is 10.2. The maximum absolute atomic E-state index is 5.47. The third-order valence-corrected chi connectivity index (χ3v) is 4.16. The Morgan fingerprint density at radius 2 is 2.00 bits per heavy atom. The van der Waals surface area contributed by atoms with Gasteiger partial charge in [0.15, 0.2) is 11.5 Å². The Bertz CT molecular complexity index is 633. The summed E-state index contributed by atoms with van der Waals surface area (Å²) in [6.07, 6.45) is 2.90. The van der Waals surface area contributed by atoms with Gasteiger partial charge >= 0.3 is 0 Å². The number of rotatable bonds is 6. The zero-order valence-corrected chi connectivity index (χ0v) is 13.7. The average molecular weight is 313 g/mol. The second kappa shape index (κ2) is 7.33. The van der Waals surface area contributed by atoms with Crippen LogP contribution in [0.1, 0.15) is 12.1 Å². The predicted molar refractivity (Wildman–Crippen MR) is 91.1 cm³/mol.